The number of rotatable bonds is 11. The van der Waals surface area contributed by atoms with E-state index < -0.39 is 11.9 Å². The number of ether oxygens (including phenoxy) is 4. The lowest BCUT2D eigenvalue weighted by atomic mass is 9.71. The molecule has 0 amide bonds. The van der Waals surface area contributed by atoms with Crippen LogP contribution in [0.15, 0.2) is 126 Å². The van der Waals surface area contributed by atoms with E-state index in [9.17, 15) is 9.59 Å². The van der Waals surface area contributed by atoms with Crippen molar-refractivity contribution >= 4 is 11.8 Å². The lowest BCUT2D eigenvalue weighted by molar-refractivity contribution is -0.139. The van der Waals surface area contributed by atoms with Crippen LogP contribution in [-0.4, -0.2) is 32.6 Å². The van der Waals surface area contributed by atoms with Crippen molar-refractivity contribution in [1.82, 2.24) is 5.32 Å². The molecule has 4 aromatic rings. The molecular formula is C40H39NO6. The number of carbonyl (C=O) groups excluding carboxylic acids is 2. The van der Waals surface area contributed by atoms with E-state index in [0.717, 1.165) is 33.7 Å². The molecule has 0 saturated carbocycles. The van der Waals surface area contributed by atoms with Gasteiger partial charge in [0, 0.05) is 35.7 Å². The van der Waals surface area contributed by atoms with Crippen molar-refractivity contribution in [3.05, 3.63) is 148 Å². The minimum absolute atomic E-state index is 0.00391. The second kappa shape index (κ2) is 14.4. The van der Waals surface area contributed by atoms with Crippen molar-refractivity contribution in [3.63, 3.8) is 0 Å². The van der Waals surface area contributed by atoms with E-state index in [1.165, 1.54) is 0 Å². The highest BCUT2D eigenvalue weighted by molar-refractivity contribution is 6.04. The Morgan fingerprint density at radius 3 is 2.15 bits per heavy atom. The van der Waals surface area contributed by atoms with Gasteiger partial charge in [0.25, 0.3) is 0 Å². The Hall–Kier alpha value is -5.30. The van der Waals surface area contributed by atoms with Gasteiger partial charge in [-0.1, -0.05) is 78.9 Å². The average Bonchev–Trinajstić information content (AvgIpc) is 3.10. The van der Waals surface area contributed by atoms with Crippen LogP contribution >= 0.6 is 0 Å². The van der Waals surface area contributed by atoms with Gasteiger partial charge in [-0.3, -0.25) is 4.79 Å². The van der Waals surface area contributed by atoms with Crippen LogP contribution in [0.3, 0.4) is 0 Å². The van der Waals surface area contributed by atoms with Gasteiger partial charge in [-0.05, 0) is 65.8 Å². The quantitative estimate of drug-likeness (QED) is 0.173. The molecule has 2 aliphatic rings. The van der Waals surface area contributed by atoms with E-state index in [1.54, 1.807) is 14.2 Å². The summed E-state index contributed by atoms with van der Waals surface area (Å²) in [6.07, 6.45) is 1.55. The van der Waals surface area contributed by atoms with Crippen LogP contribution in [-0.2, 0) is 27.4 Å². The van der Waals surface area contributed by atoms with Gasteiger partial charge >= 0.3 is 5.97 Å². The van der Waals surface area contributed by atoms with Crippen molar-refractivity contribution in [2.75, 3.05) is 20.8 Å². The summed E-state index contributed by atoms with van der Waals surface area (Å²) in [5.74, 6) is 0.781. The maximum atomic E-state index is 14.1. The van der Waals surface area contributed by atoms with E-state index in [4.69, 9.17) is 18.9 Å². The minimum atomic E-state index is -0.628. The van der Waals surface area contributed by atoms with Gasteiger partial charge in [-0.15, -0.1) is 0 Å². The van der Waals surface area contributed by atoms with Gasteiger partial charge in [0.1, 0.15) is 12.4 Å². The molecule has 0 spiro atoms. The van der Waals surface area contributed by atoms with Gasteiger partial charge in [0.15, 0.2) is 17.3 Å². The van der Waals surface area contributed by atoms with Crippen LogP contribution in [0.5, 0.6) is 17.2 Å². The van der Waals surface area contributed by atoms with Crippen LogP contribution in [0.1, 0.15) is 53.9 Å². The number of nitrogens with one attached hydrogen (secondary N) is 1. The van der Waals surface area contributed by atoms with E-state index in [-0.39, 0.29) is 18.3 Å². The first-order valence-electron chi connectivity index (χ1n) is 15.9. The highest BCUT2D eigenvalue weighted by Gasteiger charge is 2.41. The molecule has 240 valence electrons. The average molecular weight is 630 g/mol. The maximum absolute atomic E-state index is 14.1. The summed E-state index contributed by atoms with van der Waals surface area (Å²) in [6, 6.07) is 33.3. The van der Waals surface area contributed by atoms with E-state index in [0.29, 0.717) is 54.2 Å². The second-order valence-corrected chi connectivity index (χ2v) is 11.8. The number of ketones is 1. The number of benzene rings is 4. The normalized spacial score (nSPS) is 17.5. The number of esters is 1. The van der Waals surface area contributed by atoms with Gasteiger partial charge < -0.3 is 24.3 Å². The molecule has 1 aliphatic carbocycles. The summed E-state index contributed by atoms with van der Waals surface area (Å²) in [4.78, 5) is 28.0. The van der Waals surface area contributed by atoms with E-state index >= 15 is 0 Å². The minimum Gasteiger partial charge on any atom is -0.497 e. The number of methoxy groups -OCH3 is 2. The number of dihydropyridines is 1. The Morgan fingerprint density at radius 1 is 0.787 bits per heavy atom. The summed E-state index contributed by atoms with van der Waals surface area (Å²) in [6.45, 7) is 2.48. The SMILES string of the molecule is COc1ccc([C@@H]2CC(=O)C3=C(C2)NC(C)=C(C(=O)OCCc2ccccc2)[C@H]3c2ccc(OCc3ccccc3)c(OC)c2)cc1. The highest BCUT2D eigenvalue weighted by Crippen LogP contribution is 2.47. The predicted molar refractivity (Wildman–Crippen MR) is 180 cm³/mol. The molecule has 0 saturated heterocycles. The first kappa shape index (κ1) is 31.7. The van der Waals surface area contributed by atoms with Gasteiger partial charge in [0.2, 0.25) is 0 Å². The van der Waals surface area contributed by atoms with Crippen LogP contribution in [0.2, 0.25) is 0 Å². The standard InChI is InChI=1S/C40H39NO6/c1-26-37(40(43)46-21-20-27-10-6-4-7-11-27)38(30-16-19-35(36(24-30)45-3)47-25-28-12-8-5-9-13-28)39-33(41-26)22-31(23-34(39)42)29-14-17-32(44-2)18-15-29/h4-19,24,31,38,41H,20-23,25H2,1-3H3/t31-,38+/m0/s1. The largest absolute Gasteiger partial charge is 0.497 e. The second-order valence-electron chi connectivity index (χ2n) is 11.8. The summed E-state index contributed by atoms with van der Waals surface area (Å²) >= 11 is 0. The zero-order valence-electron chi connectivity index (χ0n) is 27.0. The van der Waals surface area contributed by atoms with Gasteiger partial charge in [0.05, 0.1) is 26.4 Å². The number of carbonyl (C=O) groups is 2. The first-order valence-corrected chi connectivity index (χ1v) is 15.9. The molecule has 1 heterocycles. The molecule has 0 bridgehead atoms. The fraction of sp³-hybridized carbons (Fsp3) is 0.250. The third kappa shape index (κ3) is 7.09. The Kier molecular flexibility index (Phi) is 9.72. The van der Waals surface area contributed by atoms with Crippen LogP contribution in [0.4, 0.5) is 0 Å². The molecular weight excluding hydrogens is 590 g/mol. The number of hydrogen-bond donors (Lipinski definition) is 1. The maximum Gasteiger partial charge on any atom is 0.336 e. The lowest BCUT2D eigenvalue weighted by Gasteiger charge is -2.37. The van der Waals surface area contributed by atoms with Crippen molar-refractivity contribution in [1.29, 1.82) is 0 Å². The third-order valence-electron chi connectivity index (χ3n) is 8.86. The molecule has 0 fully saturated rings. The Bertz CT molecular complexity index is 1790. The van der Waals surface area contributed by atoms with Crippen molar-refractivity contribution < 1.29 is 28.5 Å². The zero-order valence-corrected chi connectivity index (χ0v) is 27.0. The summed E-state index contributed by atoms with van der Waals surface area (Å²) in [7, 11) is 3.23. The molecule has 6 rings (SSSR count). The fourth-order valence-electron chi connectivity index (χ4n) is 6.46. The molecule has 0 aromatic heterocycles. The molecule has 0 radical (unpaired) electrons. The molecule has 2 atom stereocenters. The highest BCUT2D eigenvalue weighted by atomic mass is 16.5. The monoisotopic (exact) mass is 629 g/mol. The molecule has 47 heavy (non-hydrogen) atoms. The topological polar surface area (TPSA) is 83.1 Å². The molecule has 7 nitrogen and oxygen atoms in total. The lowest BCUT2D eigenvalue weighted by Crippen LogP contribution is -2.36. The number of allylic oxidation sites excluding steroid dienone is 3. The van der Waals surface area contributed by atoms with Gasteiger partial charge in [-0.2, -0.15) is 0 Å². The van der Waals surface area contributed by atoms with Crippen LogP contribution < -0.4 is 19.5 Å². The van der Waals surface area contributed by atoms with Crippen molar-refractivity contribution in [2.24, 2.45) is 0 Å². The van der Waals surface area contributed by atoms with Gasteiger partial charge in [-0.25, -0.2) is 4.79 Å². The smallest absolute Gasteiger partial charge is 0.336 e. The van der Waals surface area contributed by atoms with E-state index in [2.05, 4.69) is 5.32 Å². The molecule has 7 heteroatoms. The predicted octanol–water partition coefficient (Wildman–Crippen LogP) is 7.43. The molecule has 4 aromatic carbocycles. The van der Waals surface area contributed by atoms with Crippen LogP contribution in [0, 0.1) is 0 Å². The first-order chi connectivity index (χ1) is 22.9. The fourth-order valence-corrected chi connectivity index (χ4v) is 6.46. The molecule has 0 unspecified atom stereocenters. The Morgan fingerprint density at radius 2 is 1.47 bits per heavy atom. The van der Waals surface area contributed by atoms with E-state index in [1.807, 2.05) is 110 Å². The zero-order chi connectivity index (χ0) is 32.8. The number of Topliss-reactive ketones (excluding diaryl/α,β-unsaturated/α-hetero) is 1. The third-order valence-corrected chi connectivity index (χ3v) is 8.86. The summed E-state index contributed by atoms with van der Waals surface area (Å²) < 4.78 is 23.1. The molecule has 1 aliphatic heterocycles. The summed E-state index contributed by atoms with van der Waals surface area (Å²) in [5, 5.41) is 3.45. The Labute approximate surface area is 275 Å². The van der Waals surface area contributed by atoms with Crippen LogP contribution in [0.25, 0.3) is 0 Å². The molecule has 1 N–H and O–H groups in total. The Balaban J connectivity index is 1.33. The van der Waals surface area contributed by atoms with Crippen molar-refractivity contribution in [2.45, 2.75) is 44.6 Å². The summed E-state index contributed by atoms with van der Waals surface area (Å²) in [5.41, 5.74) is 6.46. The number of hydrogen-bond acceptors (Lipinski definition) is 7. The van der Waals surface area contributed by atoms with Crippen molar-refractivity contribution in [3.8, 4) is 17.2 Å².